The van der Waals surface area contributed by atoms with E-state index >= 15 is 0 Å². The van der Waals surface area contributed by atoms with Gasteiger partial charge in [-0.1, -0.05) is 0 Å². The average molecular weight is 411 g/mol. The van der Waals surface area contributed by atoms with Crippen LogP contribution in [0.3, 0.4) is 0 Å². The number of nitrogens with zero attached hydrogens (tertiary/aromatic N) is 2. The minimum atomic E-state index is -5.90. The summed E-state index contributed by atoms with van der Waals surface area (Å²) in [5.74, 6) is -2.70. The molecule has 0 aliphatic heterocycles. The van der Waals surface area contributed by atoms with E-state index in [0.29, 0.717) is 24.4 Å². The van der Waals surface area contributed by atoms with Gasteiger partial charge in [0.05, 0.1) is 0 Å². The van der Waals surface area contributed by atoms with Gasteiger partial charge < -0.3 is 9.50 Å². The van der Waals surface area contributed by atoms with Crippen molar-refractivity contribution in [2.24, 2.45) is 0 Å². The molecule has 1 saturated carbocycles. The van der Waals surface area contributed by atoms with Gasteiger partial charge in [0, 0.05) is 23.5 Å². The average Bonchev–Trinajstić information content (AvgIpc) is 3.27. The largest absolute Gasteiger partial charge is 0.534 e. The topological polar surface area (TPSA) is 98.2 Å². The summed E-state index contributed by atoms with van der Waals surface area (Å²) in [4.78, 5) is 15.6. The third-order valence-corrected chi connectivity index (χ3v) is 5.13. The minimum absolute atomic E-state index is 0.00477. The molecule has 1 aliphatic rings. The summed E-state index contributed by atoms with van der Waals surface area (Å²) in [5.41, 5.74) is -5.55. The summed E-state index contributed by atoms with van der Waals surface area (Å²) in [5, 5.41) is 2.35. The van der Waals surface area contributed by atoms with Crippen molar-refractivity contribution < 1.29 is 35.0 Å². The molecule has 2 aromatic rings. The molecule has 2 aromatic heterocycles. The van der Waals surface area contributed by atoms with Crippen molar-refractivity contribution in [3.8, 4) is 5.88 Å². The van der Waals surface area contributed by atoms with Crippen molar-refractivity contribution in [1.29, 1.82) is 0 Å². The number of hydrogen-bond donors (Lipinski definition) is 1. The Balaban J connectivity index is 1.89. The Morgan fingerprint density at radius 1 is 1.35 bits per heavy atom. The molecule has 3 rings (SSSR count). The van der Waals surface area contributed by atoms with E-state index in [0.717, 1.165) is 12.3 Å². The molecule has 2 heterocycles. The molecule has 26 heavy (non-hydrogen) atoms. The van der Waals surface area contributed by atoms with E-state index in [4.69, 9.17) is 0 Å². The van der Waals surface area contributed by atoms with Gasteiger partial charge >= 0.3 is 15.6 Å². The Labute approximate surface area is 148 Å². The van der Waals surface area contributed by atoms with Crippen LogP contribution in [0.4, 0.5) is 23.2 Å². The number of aromatic nitrogens is 2. The Bertz CT molecular complexity index is 955. The number of amides is 1. The minimum Gasteiger partial charge on any atom is -0.354 e. The van der Waals surface area contributed by atoms with Gasteiger partial charge in [-0.3, -0.25) is 4.79 Å². The quantitative estimate of drug-likeness (QED) is 0.352. The number of alkyl halides is 3. The lowest BCUT2D eigenvalue weighted by Gasteiger charge is -2.09. The van der Waals surface area contributed by atoms with Crippen LogP contribution < -0.4 is 9.50 Å². The van der Waals surface area contributed by atoms with E-state index in [-0.39, 0.29) is 22.0 Å². The standard InChI is InChI=1S/C13H9F4N3O4S2/c14-8-5-7(3-4-18-8)19-11(21)10-9(6-1-2-6)12(20-25-10)24-26(22,23)13(15,16)17/h3-6H,1-2H2,(H,18,19,21). The highest BCUT2D eigenvalue weighted by Crippen LogP contribution is 2.48. The van der Waals surface area contributed by atoms with Crippen LogP contribution >= 0.6 is 11.5 Å². The summed E-state index contributed by atoms with van der Waals surface area (Å²) in [6.45, 7) is 0. The maximum atomic E-state index is 13.1. The van der Waals surface area contributed by atoms with Gasteiger partial charge in [-0.25, -0.2) is 4.98 Å². The molecule has 1 N–H and O–H groups in total. The number of pyridine rings is 1. The number of rotatable bonds is 5. The Morgan fingerprint density at radius 2 is 2.04 bits per heavy atom. The first kappa shape index (κ1) is 18.5. The normalized spacial score (nSPS) is 14.9. The van der Waals surface area contributed by atoms with Crippen LogP contribution in [0, 0.1) is 5.95 Å². The lowest BCUT2D eigenvalue weighted by molar-refractivity contribution is -0.0501. The molecule has 0 spiro atoms. The fourth-order valence-electron chi connectivity index (χ4n) is 2.06. The zero-order valence-corrected chi connectivity index (χ0v) is 14.2. The van der Waals surface area contributed by atoms with Crippen molar-refractivity contribution in [3.63, 3.8) is 0 Å². The molecule has 1 aliphatic carbocycles. The first-order valence-corrected chi connectivity index (χ1v) is 9.20. The summed E-state index contributed by atoms with van der Waals surface area (Å²) >= 11 is 0.499. The SMILES string of the molecule is O=C(Nc1ccnc(F)c1)c1snc(OS(=O)(=O)C(F)(F)F)c1C1CC1. The van der Waals surface area contributed by atoms with E-state index in [1.54, 1.807) is 0 Å². The molecule has 0 radical (unpaired) electrons. The second kappa shape index (κ2) is 6.46. The fraction of sp³-hybridized carbons (Fsp3) is 0.308. The van der Waals surface area contributed by atoms with Crippen LogP contribution in [0.15, 0.2) is 18.3 Å². The monoisotopic (exact) mass is 411 g/mol. The van der Waals surface area contributed by atoms with E-state index in [1.165, 1.54) is 6.07 Å². The summed E-state index contributed by atoms with van der Waals surface area (Å²) in [7, 11) is -5.90. The number of carbonyl (C=O) groups is 1. The molecule has 0 saturated heterocycles. The lowest BCUT2D eigenvalue weighted by atomic mass is 10.1. The highest BCUT2D eigenvalue weighted by molar-refractivity contribution is 7.88. The van der Waals surface area contributed by atoms with Crippen LogP contribution in [0.25, 0.3) is 0 Å². The van der Waals surface area contributed by atoms with Gasteiger partial charge in [0.2, 0.25) is 11.8 Å². The van der Waals surface area contributed by atoms with E-state index < -0.39 is 33.4 Å². The van der Waals surface area contributed by atoms with E-state index in [2.05, 4.69) is 18.9 Å². The van der Waals surface area contributed by atoms with Crippen molar-refractivity contribution in [3.05, 3.63) is 34.7 Å². The van der Waals surface area contributed by atoms with Crippen molar-refractivity contribution in [2.75, 3.05) is 5.32 Å². The zero-order chi connectivity index (χ0) is 19.1. The lowest BCUT2D eigenvalue weighted by Crippen LogP contribution is -2.28. The molecule has 0 atom stereocenters. The molecule has 7 nitrogen and oxygen atoms in total. The van der Waals surface area contributed by atoms with Gasteiger partial charge in [0.1, 0.15) is 4.88 Å². The van der Waals surface area contributed by atoms with E-state index in [9.17, 15) is 30.8 Å². The maximum absolute atomic E-state index is 13.1. The predicted molar refractivity (Wildman–Crippen MR) is 81.8 cm³/mol. The second-order valence-corrected chi connectivity index (χ2v) is 7.62. The van der Waals surface area contributed by atoms with Crippen LogP contribution in [0.1, 0.15) is 34.0 Å². The molecular weight excluding hydrogens is 402 g/mol. The third kappa shape index (κ3) is 3.77. The van der Waals surface area contributed by atoms with Crippen LogP contribution in [-0.2, 0) is 10.1 Å². The summed E-state index contributed by atoms with van der Waals surface area (Å²) in [6.07, 6.45) is 2.21. The van der Waals surface area contributed by atoms with Gasteiger partial charge in [0.15, 0.2) is 0 Å². The Morgan fingerprint density at radius 3 is 2.62 bits per heavy atom. The van der Waals surface area contributed by atoms with Crippen LogP contribution in [0.2, 0.25) is 0 Å². The first-order chi connectivity index (χ1) is 12.1. The van der Waals surface area contributed by atoms with Gasteiger partial charge in [0.25, 0.3) is 5.91 Å². The Hall–Kier alpha value is -2.28. The third-order valence-electron chi connectivity index (χ3n) is 3.34. The molecule has 1 fully saturated rings. The van der Waals surface area contributed by atoms with Gasteiger partial charge in [-0.15, -0.1) is 0 Å². The highest BCUT2D eigenvalue weighted by atomic mass is 32.2. The number of nitrogens with one attached hydrogen (secondary N) is 1. The number of carbonyl (C=O) groups excluding carboxylic acids is 1. The fourth-order valence-corrected chi connectivity index (χ4v) is 3.33. The number of anilines is 1. The molecule has 0 bridgehead atoms. The predicted octanol–water partition coefficient (Wildman–Crippen LogP) is 3.04. The molecule has 13 heteroatoms. The van der Waals surface area contributed by atoms with Crippen LogP contribution in [0.5, 0.6) is 5.88 Å². The van der Waals surface area contributed by atoms with Gasteiger partial charge in [-0.05, 0) is 36.4 Å². The summed E-state index contributed by atoms with van der Waals surface area (Å²) in [6, 6.07) is 2.26. The number of hydrogen-bond acceptors (Lipinski definition) is 7. The van der Waals surface area contributed by atoms with Crippen molar-refractivity contribution in [2.45, 2.75) is 24.3 Å². The molecular formula is C13H9F4N3O4S2. The van der Waals surface area contributed by atoms with Crippen molar-refractivity contribution in [1.82, 2.24) is 9.36 Å². The Kier molecular flexibility index (Phi) is 4.60. The number of halogens is 4. The highest BCUT2D eigenvalue weighted by Gasteiger charge is 2.50. The van der Waals surface area contributed by atoms with Crippen LogP contribution in [-0.4, -0.2) is 29.2 Å². The molecule has 140 valence electrons. The summed E-state index contributed by atoms with van der Waals surface area (Å²) < 4.78 is 80.6. The maximum Gasteiger partial charge on any atom is 0.534 e. The first-order valence-electron chi connectivity index (χ1n) is 7.01. The van der Waals surface area contributed by atoms with E-state index in [1.807, 2.05) is 0 Å². The second-order valence-electron chi connectivity index (χ2n) is 5.31. The van der Waals surface area contributed by atoms with Crippen molar-refractivity contribution >= 4 is 33.2 Å². The molecule has 0 aromatic carbocycles. The smallest absolute Gasteiger partial charge is 0.354 e. The van der Waals surface area contributed by atoms with Gasteiger partial charge in [-0.2, -0.15) is 30.4 Å². The molecule has 1 amide bonds. The molecule has 0 unspecified atom stereocenters. The zero-order valence-electron chi connectivity index (χ0n) is 12.6.